The molecular weight excluding hydrogens is 279 g/mol. The molecule has 1 saturated carbocycles. The molecule has 106 valence electrons. The second-order valence-electron chi connectivity index (χ2n) is 5.63. The van der Waals surface area contributed by atoms with E-state index in [2.05, 4.69) is 35.3 Å². The van der Waals surface area contributed by atoms with Crippen LogP contribution in [-0.4, -0.2) is 30.1 Å². The Kier molecular flexibility index (Phi) is 5.13. The molecule has 2 aliphatic rings. The Labute approximate surface area is 126 Å². The van der Waals surface area contributed by atoms with Crippen LogP contribution in [0.3, 0.4) is 0 Å². The molecular formula is C15H22Cl2N2. The Balaban J connectivity index is 0.00000133. The van der Waals surface area contributed by atoms with Gasteiger partial charge in [-0.05, 0) is 49.9 Å². The Morgan fingerprint density at radius 2 is 2.05 bits per heavy atom. The number of hydrogen-bond donors (Lipinski definition) is 1. The molecule has 1 aromatic carbocycles. The minimum atomic E-state index is 0. The monoisotopic (exact) mass is 300 g/mol. The van der Waals surface area contributed by atoms with Crippen molar-refractivity contribution in [2.24, 2.45) is 0 Å². The first-order valence-electron chi connectivity index (χ1n) is 6.95. The zero-order valence-corrected chi connectivity index (χ0v) is 12.9. The molecule has 1 aliphatic carbocycles. The number of halogens is 2. The van der Waals surface area contributed by atoms with Gasteiger partial charge >= 0.3 is 0 Å². The van der Waals surface area contributed by atoms with Crippen molar-refractivity contribution in [3.63, 3.8) is 0 Å². The zero-order valence-electron chi connectivity index (χ0n) is 11.4. The van der Waals surface area contributed by atoms with Gasteiger partial charge in [0.2, 0.25) is 0 Å². The molecule has 2 fully saturated rings. The van der Waals surface area contributed by atoms with Crippen LogP contribution < -0.4 is 5.32 Å². The number of nitrogens with one attached hydrogen (secondary N) is 1. The Morgan fingerprint density at radius 1 is 1.26 bits per heavy atom. The molecule has 3 rings (SSSR count). The van der Waals surface area contributed by atoms with Crippen molar-refractivity contribution in [2.75, 3.05) is 13.1 Å². The fraction of sp³-hybridized carbons (Fsp3) is 0.600. The van der Waals surface area contributed by atoms with E-state index < -0.39 is 0 Å². The van der Waals surface area contributed by atoms with E-state index in [4.69, 9.17) is 11.6 Å². The summed E-state index contributed by atoms with van der Waals surface area (Å²) in [4.78, 5) is 2.68. The molecule has 1 aromatic rings. The van der Waals surface area contributed by atoms with Crippen LogP contribution in [0.5, 0.6) is 0 Å². The summed E-state index contributed by atoms with van der Waals surface area (Å²) >= 11 is 6.22. The summed E-state index contributed by atoms with van der Waals surface area (Å²) in [5, 5.41) is 4.37. The average Bonchev–Trinajstić information content (AvgIpc) is 3.05. The van der Waals surface area contributed by atoms with E-state index in [-0.39, 0.29) is 12.4 Å². The molecule has 4 heteroatoms. The van der Waals surface area contributed by atoms with Gasteiger partial charge in [-0.2, -0.15) is 0 Å². The molecule has 1 atom stereocenters. The number of aryl methyl sites for hydroxylation is 1. The second-order valence-corrected chi connectivity index (χ2v) is 6.04. The van der Waals surface area contributed by atoms with Crippen molar-refractivity contribution in [1.29, 1.82) is 0 Å². The summed E-state index contributed by atoms with van der Waals surface area (Å²) < 4.78 is 0. The van der Waals surface area contributed by atoms with Gasteiger partial charge in [-0.15, -0.1) is 12.4 Å². The molecule has 1 saturated heterocycles. The van der Waals surface area contributed by atoms with Gasteiger partial charge in [0.05, 0.1) is 0 Å². The van der Waals surface area contributed by atoms with Crippen molar-refractivity contribution >= 4 is 24.0 Å². The van der Waals surface area contributed by atoms with E-state index in [0.717, 1.165) is 30.2 Å². The first kappa shape index (κ1) is 15.1. The number of hydrogen-bond acceptors (Lipinski definition) is 2. The van der Waals surface area contributed by atoms with E-state index in [1.807, 2.05) is 0 Å². The highest BCUT2D eigenvalue weighted by atomic mass is 35.5. The first-order chi connectivity index (χ1) is 8.74. The van der Waals surface area contributed by atoms with E-state index in [9.17, 15) is 0 Å². The van der Waals surface area contributed by atoms with Gasteiger partial charge in [-0.3, -0.25) is 4.90 Å². The molecule has 0 bridgehead atoms. The van der Waals surface area contributed by atoms with Gasteiger partial charge in [0.1, 0.15) is 0 Å². The van der Waals surface area contributed by atoms with Crippen molar-refractivity contribution in [2.45, 2.75) is 44.8 Å². The molecule has 0 radical (unpaired) electrons. The minimum Gasteiger partial charge on any atom is -0.315 e. The molecule has 19 heavy (non-hydrogen) atoms. The molecule has 0 spiro atoms. The molecule has 0 amide bonds. The van der Waals surface area contributed by atoms with Gasteiger partial charge < -0.3 is 5.32 Å². The van der Waals surface area contributed by atoms with Gasteiger partial charge in [0.15, 0.2) is 0 Å². The second kappa shape index (κ2) is 6.45. The van der Waals surface area contributed by atoms with Gasteiger partial charge in [-0.25, -0.2) is 0 Å². The lowest BCUT2D eigenvalue weighted by Crippen LogP contribution is -2.38. The van der Waals surface area contributed by atoms with Crippen molar-refractivity contribution < 1.29 is 0 Å². The van der Waals surface area contributed by atoms with Gasteiger partial charge in [0, 0.05) is 30.2 Å². The average molecular weight is 301 g/mol. The van der Waals surface area contributed by atoms with Crippen LogP contribution in [0.4, 0.5) is 0 Å². The van der Waals surface area contributed by atoms with Crippen LogP contribution in [-0.2, 0) is 6.54 Å². The fourth-order valence-electron chi connectivity index (χ4n) is 2.83. The highest BCUT2D eigenvalue weighted by Crippen LogP contribution is 2.32. The Hall–Kier alpha value is -0.280. The summed E-state index contributed by atoms with van der Waals surface area (Å²) in [5.41, 5.74) is 2.52. The third-order valence-corrected chi connectivity index (χ3v) is 4.53. The van der Waals surface area contributed by atoms with E-state index in [0.29, 0.717) is 0 Å². The third kappa shape index (κ3) is 3.63. The van der Waals surface area contributed by atoms with Crippen LogP contribution in [0, 0.1) is 6.92 Å². The van der Waals surface area contributed by atoms with Crippen molar-refractivity contribution in [3.05, 3.63) is 34.3 Å². The van der Waals surface area contributed by atoms with Crippen LogP contribution in [0.1, 0.15) is 30.4 Å². The minimum absolute atomic E-state index is 0. The number of nitrogens with zero attached hydrogens (tertiary/aromatic N) is 1. The standard InChI is InChI=1S/C15H21ClN2.ClH/c1-11-2-3-12(8-15(11)16)10-18(13-4-5-13)14-6-7-17-9-14;/h2-3,8,13-14,17H,4-7,9-10H2,1H3;1H. The lowest BCUT2D eigenvalue weighted by molar-refractivity contribution is 0.189. The van der Waals surface area contributed by atoms with E-state index >= 15 is 0 Å². The number of benzene rings is 1. The van der Waals surface area contributed by atoms with E-state index in [1.54, 1.807) is 0 Å². The van der Waals surface area contributed by atoms with Crippen LogP contribution in [0.2, 0.25) is 5.02 Å². The normalized spacial score (nSPS) is 22.6. The van der Waals surface area contributed by atoms with Gasteiger partial charge in [0.25, 0.3) is 0 Å². The molecule has 0 aromatic heterocycles. The molecule has 1 unspecified atom stereocenters. The Bertz CT molecular complexity index is 426. The summed E-state index contributed by atoms with van der Waals surface area (Å²) in [6, 6.07) is 8.02. The predicted octanol–water partition coefficient (Wildman–Crippen LogP) is 3.40. The highest BCUT2D eigenvalue weighted by molar-refractivity contribution is 6.31. The smallest absolute Gasteiger partial charge is 0.0438 e. The van der Waals surface area contributed by atoms with Crippen molar-refractivity contribution in [1.82, 2.24) is 10.2 Å². The van der Waals surface area contributed by atoms with Crippen LogP contribution in [0.15, 0.2) is 18.2 Å². The topological polar surface area (TPSA) is 15.3 Å². The maximum Gasteiger partial charge on any atom is 0.0438 e. The Morgan fingerprint density at radius 3 is 2.63 bits per heavy atom. The zero-order chi connectivity index (χ0) is 12.5. The van der Waals surface area contributed by atoms with Gasteiger partial charge in [-0.1, -0.05) is 23.7 Å². The van der Waals surface area contributed by atoms with Crippen LogP contribution >= 0.6 is 24.0 Å². The number of rotatable bonds is 4. The predicted molar refractivity (Wildman–Crippen MR) is 83.3 cm³/mol. The largest absolute Gasteiger partial charge is 0.315 e. The maximum absolute atomic E-state index is 6.22. The quantitative estimate of drug-likeness (QED) is 0.917. The first-order valence-corrected chi connectivity index (χ1v) is 7.33. The van der Waals surface area contributed by atoms with E-state index in [1.165, 1.54) is 36.9 Å². The lowest BCUT2D eigenvalue weighted by Gasteiger charge is -2.28. The molecule has 1 heterocycles. The fourth-order valence-corrected chi connectivity index (χ4v) is 3.03. The summed E-state index contributed by atoms with van der Waals surface area (Å²) in [7, 11) is 0. The van der Waals surface area contributed by atoms with Crippen molar-refractivity contribution in [3.8, 4) is 0 Å². The summed E-state index contributed by atoms with van der Waals surface area (Å²) in [6.07, 6.45) is 4.03. The third-order valence-electron chi connectivity index (χ3n) is 4.12. The molecule has 1 N–H and O–H groups in total. The maximum atomic E-state index is 6.22. The molecule has 1 aliphatic heterocycles. The summed E-state index contributed by atoms with van der Waals surface area (Å²) in [5.74, 6) is 0. The highest BCUT2D eigenvalue weighted by Gasteiger charge is 2.34. The molecule has 2 nitrogen and oxygen atoms in total. The van der Waals surface area contributed by atoms with Crippen LogP contribution in [0.25, 0.3) is 0 Å². The summed E-state index contributed by atoms with van der Waals surface area (Å²) in [6.45, 7) is 5.43. The SMILES string of the molecule is Cc1ccc(CN(C2CC2)C2CCNC2)cc1Cl.Cl. The lowest BCUT2D eigenvalue weighted by atomic mass is 10.1.